The predicted octanol–water partition coefficient (Wildman–Crippen LogP) is 7.73. The van der Waals surface area contributed by atoms with Crippen molar-refractivity contribution in [2.45, 2.75) is 71.8 Å². The fourth-order valence-electron chi connectivity index (χ4n) is 6.40. The van der Waals surface area contributed by atoms with E-state index in [1.54, 1.807) is 7.11 Å². The van der Waals surface area contributed by atoms with Crippen LogP contribution < -0.4 is 0 Å². The van der Waals surface area contributed by atoms with Crippen LogP contribution in [0.2, 0.25) is 0 Å². The van der Waals surface area contributed by atoms with Crippen molar-refractivity contribution < 1.29 is 9.84 Å². The minimum Gasteiger partial charge on any atom is -0.513 e. The van der Waals surface area contributed by atoms with Crippen molar-refractivity contribution in [1.29, 1.82) is 0 Å². The van der Waals surface area contributed by atoms with Gasteiger partial charge in [-0.1, -0.05) is 77.6 Å². The van der Waals surface area contributed by atoms with Crippen LogP contribution in [-0.2, 0) is 10.2 Å². The Bertz CT molecular complexity index is 1190. The van der Waals surface area contributed by atoms with Gasteiger partial charge in [0.1, 0.15) is 0 Å². The fraction of sp³-hybridized carbons (Fsp3) is 0.484. The minimum atomic E-state index is -0.133. The standard InChI is InChI=1S/C31H41NO2/c1-19(33)16-26-23(14-15-34-9)24-17-21-12-10-11-13-22(21)28-27(24)29(32(26)8)20(2)25(31(28,6)7)18-30(3,4)5/h10-13,17-18,23,26,33H,1,14-16H2,2-9H3/b25-18+. The molecule has 3 heteroatoms. The van der Waals surface area contributed by atoms with Gasteiger partial charge in [-0.2, -0.15) is 0 Å². The van der Waals surface area contributed by atoms with Crippen molar-refractivity contribution >= 4 is 16.5 Å². The Hall–Kier alpha value is -2.52. The van der Waals surface area contributed by atoms with E-state index in [4.69, 9.17) is 4.74 Å². The Morgan fingerprint density at radius 3 is 2.53 bits per heavy atom. The highest BCUT2D eigenvalue weighted by atomic mass is 16.5. The third kappa shape index (κ3) is 3.98. The van der Waals surface area contributed by atoms with E-state index in [1.165, 1.54) is 44.3 Å². The van der Waals surface area contributed by atoms with Crippen LogP contribution in [0.4, 0.5) is 0 Å². The molecule has 0 radical (unpaired) electrons. The van der Waals surface area contributed by atoms with E-state index >= 15 is 0 Å². The van der Waals surface area contributed by atoms with E-state index in [9.17, 15) is 5.11 Å². The van der Waals surface area contributed by atoms with Crippen LogP contribution >= 0.6 is 0 Å². The highest BCUT2D eigenvalue weighted by Crippen LogP contribution is 2.56. The first-order chi connectivity index (χ1) is 15.9. The predicted molar refractivity (Wildman–Crippen MR) is 144 cm³/mol. The van der Waals surface area contributed by atoms with Gasteiger partial charge in [0.15, 0.2) is 0 Å². The Morgan fingerprint density at radius 2 is 1.91 bits per heavy atom. The molecule has 3 nitrogen and oxygen atoms in total. The zero-order chi connectivity index (χ0) is 25.0. The molecule has 0 saturated carbocycles. The molecule has 0 spiro atoms. The van der Waals surface area contributed by atoms with Gasteiger partial charge in [0.05, 0.1) is 5.76 Å². The molecule has 2 unspecified atom stereocenters. The molecular formula is C31H41NO2. The number of methoxy groups -OCH3 is 1. The van der Waals surface area contributed by atoms with Crippen molar-refractivity contribution in [3.63, 3.8) is 0 Å². The molecule has 1 aliphatic heterocycles. The lowest BCUT2D eigenvalue weighted by Gasteiger charge is -2.50. The van der Waals surface area contributed by atoms with Crippen molar-refractivity contribution in [3.05, 3.63) is 76.6 Å². The van der Waals surface area contributed by atoms with E-state index in [0.717, 1.165) is 6.42 Å². The summed E-state index contributed by atoms with van der Waals surface area (Å²) in [6.07, 6.45) is 3.91. The second kappa shape index (κ2) is 8.61. The molecular weight excluding hydrogens is 418 g/mol. The monoisotopic (exact) mass is 459 g/mol. The number of allylic oxidation sites excluding steroid dienone is 3. The van der Waals surface area contributed by atoms with Crippen LogP contribution in [0.5, 0.6) is 0 Å². The SMILES string of the molecule is C=C(O)CC1C(CCOC)c2cc3ccccc3c3c2C(=C(C)/C(=C\C(C)(C)C)C3(C)C)N1C. The summed E-state index contributed by atoms with van der Waals surface area (Å²) in [4.78, 5) is 2.42. The van der Waals surface area contributed by atoms with Gasteiger partial charge in [0, 0.05) is 55.8 Å². The molecule has 0 saturated heterocycles. The largest absolute Gasteiger partial charge is 0.513 e. The van der Waals surface area contributed by atoms with Crippen molar-refractivity contribution in [2.24, 2.45) is 5.41 Å². The van der Waals surface area contributed by atoms with E-state index in [1.807, 2.05) is 0 Å². The quantitative estimate of drug-likeness (QED) is 0.464. The summed E-state index contributed by atoms with van der Waals surface area (Å²) >= 11 is 0. The number of benzene rings is 2. The molecule has 2 aliphatic rings. The molecule has 34 heavy (non-hydrogen) atoms. The lowest BCUT2D eigenvalue weighted by atomic mass is 9.62. The highest BCUT2D eigenvalue weighted by Gasteiger charge is 2.45. The molecule has 0 bridgehead atoms. The van der Waals surface area contributed by atoms with Crippen molar-refractivity contribution in [2.75, 3.05) is 20.8 Å². The van der Waals surface area contributed by atoms with Crippen molar-refractivity contribution in [1.82, 2.24) is 4.90 Å². The number of fused-ring (bicyclic) bond motifs is 2. The number of likely N-dealkylation sites (N-methyl/N-ethyl adjacent to an activating group) is 1. The number of aliphatic hydroxyl groups is 1. The van der Waals surface area contributed by atoms with Crippen LogP contribution in [0.25, 0.3) is 16.5 Å². The molecule has 1 aliphatic carbocycles. The molecule has 0 fully saturated rings. The smallest absolute Gasteiger partial charge is 0.0871 e. The van der Waals surface area contributed by atoms with Crippen molar-refractivity contribution in [3.8, 4) is 0 Å². The Balaban J connectivity index is 2.15. The summed E-state index contributed by atoms with van der Waals surface area (Å²) in [7, 11) is 3.96. The van der Waals surface area contributed by atoms with Crippen LogP contribution in [0.15, 0.2) is 59.9 Å². The lowest BCUT2D eigenvalue weighted by Crippen LogP contribution is -2.44. The van der Waals surface area contributed by atoms with Gasteiger partial charge in [-0.25, -0.2) is 0 Å². The number of hydrogen-bond acceptors (Lipinski definition) is 3. The van der Waals surface area contributed by atoms with E-state index in [0.29, 0.717) is 13.0 Å². The zero-order valence-corrected chi connectivity index (χ0v) is 22.2. The average Bonchev–Trinajstić information content (AvgIpc) is 2.74. The molecule has 182 valence electrons. The molecule has 1 heterocycles. The highest BCUT2D eigenvalue weighted by molar-refractivity contribution is 5.97. The molecule has 1 N–H and O–H groups in total. The first-order valence-electron chi connectivity index (χ1n) is 12.5. The maximum Gasteiger partial charge on any atom is 0.0871 e. The summed E-state index contributed by atoms with van der Waals surface area (Å²) in [6, 6.07) is 11.3. The number of hydrogen-bond donors (Lipinski definition) is 1. The fourth-order valence-corrected chi connectivity index (χ4v) is 6.40. The second-order valence-corrected chi connectivity index (χ2v) is 11.8. The third-order valence-electron chi connectivity index (χ3n) is 7.74. The topological polar surface area (TPSA) is 32.7 Å². The van der Waals surface area contributed by atoms with Gasteiger partial charge in [-0.05, 0) is 51.8 Å². The summed E-state index contributed by atoms with van der Waals surface area (Å²) in [6.45, 7) is 18.4. The number of aliphatic hydroxyl groups excluding tert-OH is 1. The zero-order valence-electron chi connectivity index (χ0n) is 22.2. The number of rotatable bonds is 5. The summed E-state index contributed by atoms with van der Waals surface area (Å²) in [5, 5.41) is 12.9. The van der Waals surface area contributed by atoms with E-state index in [-0.39, 0.29) is 28.5 Å². The third-order valence-corrected chi connectivity index (χ3v) is 7.74. The van der Waals surface area contributed by atoms with Crippen LogP contribution in [0.3, 0.4) is 0 Å². The van der Waals surface area contributed by atoms with Gasteiger partial charge in [0.25, 0.3) is 0 Å². The Morgan fingerprint density at radius 1 is 1.24 bits per heavy atom. The molecule has 0 amide bonds. The minimum absolute atomic E-state index is 0.0619. The average molecular weight is 460 g/mol. The first kappa shape index (κ1) is 24.6. The normalized spacial score (nSPS) is 22.9. The van der Waals surface area contributed by atoms with Gasteiger partial charge in [0.2, 0.25) is 0 Å². The van der Waals surface area contributed by atoms with Crippen LogP contribution in [-0.4, -0.2) is 36.8 Å². The Labute approximate surface area is 205 Å². The van der Waals surface area contributed by atoms with Gasteiger partial charge < -0.3 is 14.7 Å². The van der Waals surface area contributed by atoms with Crippen LogP contribution in [0.1, 0.15) is 77.0 Å². The lowest BCUT2D eigenvalue weighted by molar-refractivity contribution is 0.163. The summed E-state index contributed by atoms with van der Waals surface area (Å²) in [5.74, 6) is 0.483. The second-order valence-electron chi connectivity index (χ2n) is 11.8. The number of ether oxygens (including phenoxy) is 1. The van der Waals surface area contributed by atoms with E-state index in [2.05, 4.69) is 96.5 Å². The molecule has 2 aromatic rings. The maximum atomic E-state index is 10.3. The maximum absolute atomic E-state index is 10.3. The summed E-state index contributed by atoms with van der Waals surface area (Å²) < 4.78 is 5.54. The number of nitrogens with zero attached hydrogens (tertiary/aromatic N) is 1. The van der Waals surface area contributed by atoms with Gasteiger partial charge in [-0.3, -0.25) is 0 Å². The van der Waals surface area contributed by atoms with Crippen LogP contribution in [0, 0.1) is 5.41 Å². The van der Waals surface area contributed by atoms with Gasteiger partial charge >= 0.3 is 0 Å². The molecule has 2 aromatic carbocycles. The molecule has 4 rings (SSSR count). The van der Waals surface area contributed by atoms with Gasteiger partial charge in [-0.15, -0.1) is 0 Å². The summed E-state index contributed by atoms with van der Waals surface area (Å²) in [5.41, 5.74) is 8.15. The molecule has 0 aromatic heterocycles. The first-order valence-corrected chi connectivity index (χ1v) is 12.5. The van der Waals surface area contributed by atoms with E-state index < -0.39 is 0 Å². The molecule has 2 atom stereocenters. The Kier molecular flexibility index (Phi) is 6.23.